The standard InChI is InChI=1S/C21H19FO3/c1-24-20-12-6-10-18(14-20)21(23,17-9-5-11-19(22)13-17)25-15-16-7-3-2-4-8-16/h2-14,23H,15H2,1H3. The molecule has 4 heteroatoms. The molecule has 3 rings (SSSR count). The molecular weight excluding hydrogens is 319 g/mol. The highest BCUT2D eigenvalue weighted by Crippen LogP contribution is 2.34. The largest absolute Gasteiger partial charge is 0.497 e. The van der Waals surface area contributed by atoms with Gasteiger partial charge in [-0.05, 0) is 29.8 Å². The molecule has 128 valence electrons. The zero-order valence-electron chi connectivity index (χ0n) is 13.9. The molecule has 0 heterocycles. The lowest BCUT2D eigenvalue weighted by molar-refractivity contribution is -0.188. The Kier molecular flexibility index (Phi) is 5.12. The monoisotopic (exact) mass is 338 g/mol. The van der Waals surface area contributed by atoms with E-state index in [-0.39, 0.29) is 6.61 Å². The van der Waals surface area contributed by atoms with Crippen LogP contribution in [0.4, 0.5) is 4.39 Å². The molecule has 0 aliphatic carbocycles. The Hall–Kier alpha value is -2.69. The van der Waals surface area contributed by atoms with Gasteiger partial charge in [-0.1, -0.05) is 54.6 Å². The van der Waals surface area contributed by atoms with E-state index in [0.717, 1.165) is 5.56 Å². The van der Waals surface area contributed by atoms with Gasteiger partial charge in [0.25, 0.3) is 0 Å². The minimum Gasteiger partial charge on any atom is -0.497 e. The molecular formula is C21H19FO3. The molecule has 0 radical (unpaired) electrons. The van der Waals surface area contributed by atoms with E-state index in [1.54, 1.807) is 43.5 Å². The van der Waals surface area contributed by atoms with Crippen LogP contribution in [0.3, 0.4) is 0 Å². The number of halogens is 1. The van der Waals surface area contributed by atoms with E-state index < -0.39 is 11.6 Å². The zero-order valence-corrected chi connectivity index (χ0v) is 13.9. The molecule has 0 saturated carbocycles. The van der Waals surface area contributed by atoms with E-state index in [4.69, 9.17) is 9.47 Å². The fourth-order valence-electron chi connectivity index (χ4n) is 2.63. The first-order valence-corrected chi connectivity index (χ1v) is 7.92. The van der Waals surface area contributed by atoms with Crippen LogP contribution in [0.2, 0.25) is 0 Å². The molecule has 0 bridgehead atoms. The van der Waals surface area contributed by atoms with Crippen molar-refractivity contribution in [2.75, 3.05) is 7.11 Å². The molecule has 1 atom stereocenters. The first kappa shape index (κ1) is 17.1. The van der Waals surface area contributed by atoms with Gasteiger partial charge in [-0.15, -0.1) is 0 Å². The number of methoxy groups -OCH3 is 1. The molecule has 0 aliphatic heterocycles. The molecule has 1 unspecified atom stereocenters. The second kappa shape index (κ2) is 7.47. The van der Waals surface area contributed by atoms with E-state index in [2.05, 4.69) is 0 Å². The normalized spacial score (nSPS) is 13.2. The fraction of sp³-hybridized carbons (Fsp3) is 0.143. The van der Waals surface area contributed by atoms with Crippen molar-refractivity contribution in [3.05, 3.63) is 101 Å². The summed E-state index contributed by atoms with van der Waals surface area (Å²) >= 11 is 0. The van der Waals surface area contributed by atoms with Crippen molar-refractivity contribution in [3.63, 3.8) is 0 Å². The molecule has 3 aromatic carbocycles. The first-order valence-electron chi connectivity index (χ1n) is 7.92. The van der Waals surface area contributed by atoms with Crippen molar-refractivity contribution in [1.82, 2.24) is 0 Å². The topological polar surface area (TPSA) is 38.7 Å². The number of ether oxygens (including phenoxy) is 2. The summed E-state index contributed by atoms with van der Waals surface area (Å²) in [5.74, 6) is -1.66. The minimum absolute atomic E-state index is 0.172. The van der Waals surface area contributed by atoms with Crippen molar-refractivity contribution in [2.45, 2.75) is 12.4 Å². The van der Waals surface area contributed by atoms with Crippen LogP contribution in [-0.2, 0) is 17.1 Å². The third-order valence-electron chi connectivity index (χ3n) is 3.97. The van der Waals surface area contributed by atoms with Crippen LogP contribution in [-0.4, -0.2) is 12.2 Å². The SMILES string of the molecule is COc1cccc(C(O)(OCc2ccccc2)c2cccc(F)c2)c1. The fourth-order valence-corrected chi connectivity index (χ4v) is 2.63. The number of benzene rings is 3. The van der Waals surface area contributed by atoms with Crippen LogP contribution in [0, 0.1) is 5.82 Å². The summed E-state index contributed by atoms with van der Waals surface area (Å²) in [5.41, 5.74) is 1.69. The van der Waals surface area contributed by atoms with Crippen molar-refractivity contribution in [2.24, 2.45) is 0 Å². The summed E-state index contributed by atoms with van der Waals surface area (Å²) < 4.78 is 24.8. The number of aliphatic hydroxyl groups is 1. The maximum atomic E-state index is 13.7. The molecule has 0 fully saturated rings. The van der Waals surface area contributed by atoms with Crippen LogP contribution in [0.25, 0.3) is 0 Å². The van der Waals surface area contributed by atoms with E-state index in [9.17, 15) is 9.50 Å². The van der Waals surface area contributed by atoms with Gasteiger partial charge in [0.05, 0.1) is 13.7 Å². The average molecular weight is 338 g/mol. The Balaban J connectivity index is 2.00. The lowest BCUT2D eigenvalue weighted by Crippen LogP contribution is -2.31. The molecule has 0 aliphatic rings. The summed E-state index contributed by atoms with van der Waals surface area (Å²) in [7, 11) is 1.55. The Labute approximate surface area is 146 Å². The lowest BCUT2D eigenvalue weighted by Gasteiger charge is -2.29. The maximum absolute atomic E-state index is 13.7. The van der Waals surface area contributed by atoms with Gasteiger partial charge in [-0.2, -0.15) is 0 Å². The Bertz CT molecular complexity index is 835. The van der Waals surface area contributed by atoms with Gasteiger partial charge in [0.2, 0.25) is 5.79 Å². The molecule has 3 nitrogen and oxygen atoms in total. The molecule has 3 aromatic rings. The van der Waals surface area contributed by atoms with Crippen LogP contribution >= 0.6 is 0 Å². The number of hydrogen-bond acceptors (Lipinski definition) is 3. The summed E-state index contributed by atoms with van der Waals surface area (Å²) in [6, 6.07) is 22.2. The highest BCUT2D eigenvalue weighted by atomic mass is 19.1. The average Bonchev–Trinajstić information content (AvgIpc) is 2.67. The highest BCUT2D eigenvalue weighted by molar-refractivity contribution is 5.38. The van der Waals surface area contributed by atoms with Gasteiger partial charge in [-0.3, -0.25) is 0 Å². The first-order chi connectivity index (χ1) is 12.1. The second-order valence-electron chi connectivity index (χ2n) is 5.66. The summed E-state index contributed by atoms with van der Waals surface area (Å²) in [6.45, 7) is 0.172. The Morgan fingerprint density at radius 3 is 2.24 bits per heavy atom. The van der Waals surface area contributed by atoms with Crippen LogP contribution in [0.1, 0.15) is 16.7 Å². The van der Waals surface area contributed by atoms with Gasteiger partial charge in [0, 0.05) is 11.1 Å². The van der Waals surface area contributed by atoms with Crippen LogP contribution < -0.4 is 4.74 Å². The van der Waals surface area contributed by atoms with Crippen LogP contribution in [0.5, 0.6) is 5.75 Å². The second-order valence-corrected chi connectivity index (χ2v) is 5.66. The minimum atomic E-state index is -1.80. The van der Waals surface area contributed by atoms with Gasteiger partial charge in [0.1, 0.15) is 11.6 Å². The summed E-state index contributed by atoms with van der Waals surface area (Å²) in [4.78, 5) is 0. The van der Waals surface area contributed by atoms with E-state index in [1.807, 2.05) is 30.3 Å². The Morgan fingerprint density at radius 2 is 1.56 bits per heavy atom. The smallest absolute Gasteiger partial charge is 0.220 e. The van der Waals surface area contributed by atoms with Gasteiger partial charge < -0.3 is 14.6 Å². The van der Waals surface area contributed by atoms with Gasteiger partial charge in [0.15, 0.2) is 0 Å². The molecule has 1 N–H and O–H groups in total. The third-order valence-corrected chi connectivity index (χ3v) is 3.97. The molecule has 25 heavy (non-hydrogen) atoms. The Morgan fingerprint density at radius 1 is 0.880 bits per heavy atom. The van der Waals surface area contributed by atoms with Gasteiger partial charge >= 0.3 is 0 Å². The third kappa shape index (κ3) is 3.87. The number of rotatable bonds is 6. The maximum Gasteiger partial charge on any atom is 0.220 e. The van der Waals surface area contributed by atoms with Gasteiger partial charge in [-0.25, -0.2) is 4.39 Å². The predicted molar refractivity (Wildman–Crippen MR) is 93.6 cm³/mol. The zero-order chi connectivity index (χ0) is 17.7. The molecule has 0 amide bonds. The predicted octanol–water partition coefficient (Wildman–Crippen LogP) is 4.24. The number of hydrogen-bond donors (Lipinski definition) is 1. The quantitative estimate of drug-likeness (QED) is 0.683. The van der Waals surface area contributed by atoms with Crippen molar-refractivity contribution in [1.29, 1.82) is 0 Å². The summed E-state index contributed by atoms with van der Waals surface area (Å²) in [5, 5.41) is 11.3. The summed E-state index contributed by atoms with van der Waals surface area (Å²) in [6.07, 6.45) is 0. The van der Waals surface area contributed by atoms with E-state index in [1.165, 1.54) is 12.1 Å². The molecule has 0 spiro atoms. The van der Waals surface area contributed by atoms with E-state index >= 15 is 0 Å². The molecule has 0 aromatic heterocycles. The van der Waals surface area contributed by atoms with Crippen molar-refractivity contribution in [3.8, 4) is 5.75 Å². The van der Waals surface area contributed by atoms with E-state index in [0.29, 0.717) is 16.9 Å². The molecule has 0 saturated heterocycles. The highest BCUT2D eigenvalue weighted by Gasteiger charge is 2.33. The lowest BCUT2D eigenvalue weighted by atomic mass is 9.96. The van der Waals surface area contributed by atoms with Crippen molar-refractivity contribution >= 4 is 0 Å². The van der Waals surface area contributed by atoms with Crippen LogP contribution in [0.15, 0.2) is 78.9 Å². The van der Waals surface area contributed by atoms with Crippen molar-refractivity contribution < 1.29 is 19.0 Å².